The van der Waals surface area contributed by atoms with Gasteiger partial charge in [0, 0.05) is 17.0 Å². The first-order valence-electron chi connectivity index (χ1n) is 4.91. The number of hydrogen-bond donors (Lipinski definition) is 1. The molecule has 14 heavy (non-hydrogen) atoms. The molecule has 0 aliphatic heterocycles. The van der Waals surface area contributed by atoms with Crippen molar-refractivity contribution in [2.45, 2.75) is 26.3 Å². The fourth-order valence-electron chi connectivity index (χ4n) is 1.80. The van der Waals surface area contributed by atoms with Gasteiger partial charge >= 0.3 is 0 Å². The lowest BCUT2D eigenvalue weighted by Gasteiger charge is -2.03. The van der Waals surface area contributed by atoms with Crippen LogP contribution in [0.25, 0.3) is 11.0 Å². The van der Waals surface area contributed by atoms with E-state index in [0.29, 0.717) is 0 Å². The largest absolute Gasteiger partial charge is 0.461 e. The lowest BCUT2D eigenvalue weighted by Crippen LogP contribution is -2.17. The molecule has 2 N–H and O–H groups in total. The molecule has 74 valence electrons. The molecular weight excluding hydrogens is 174 g/mol. The Morgan fingerprint density at radius 2 is 2.07 bits per heavy atom. The van der Waals surface area contributed by atoms with Gasteiger partial charge in [0.15, 0.2) is 0 Å². The lowest BCUT2D eigenvalue weighted by molar-refractivity contribution is 0.567. The maximum Gasteiger partial charge on any atom is 0.134 e. The van der Waals surface area contributed by atoms with Crippen LogP contribution in [0.4, 0.5) is 0 Å². The Morgan fingerprint density at radius 1 is 1.36 bits per heavy atom. The predicted octanol–water partition coefficient (Wildman–Crippen LogP) is 2.63. The summed E-state index contributed by atoms with van der Waals surface area (Å²) in [6.45, 7) is 4.01. The van der Waals surface area contributed by atoms with Gasteiger partial charge in [-0.15, -0.1) is 0 Å². The Bertz CT molecular complexity index is 443. The standard InChI is InChI=1S/C12H15NO/c1-8(13)7-11-9(2)14-12-6-4-3-5-10(11)12/h3-6,8H,7,13H2,1-2H3. The van der Waals surface area contributed by atoms with Crippen LogP contribution in [-0.2, 0) is 6.42 Å². The van der Waals surface area contributed by atoms with Crippen molar-refractivity contribution in [2.75, 3.05) is 0 Å². The fourth-order valence-corrected chi connectivity index (χ4v) is 1.80. The zero-order chi connectivity index (χ0) is 10.1. The van der Waals surface area contributed by atoms with Crippen LogP contribution in [0.5, 0.6) is 0 Å². The molecule has 0 radical (unpaired) electrons. The molecule has 0 bridgehead atoms. The number of benzene rings is 1. The molecule has 2 heteroatoms. The van der Waals surface area contributed by atoms with Gasteiger partial charge in [-0.3, -0.25) is 0 Å². The van der Waals surface area contributed by atoms with Gasteiger partial charge in [-0.05, 0) is 26.3 Å². The van der Waals surface area contributed by atoms with Crippen molar-refractivity contribution < 1.29 is 4.42 Å². The maximum atomic E-state index is 5.80. The molecule has 0 saturated carbocycles. The summed E-state index contributed by atoms with van der Waals surface area (Å²) in [6.07, 6.45) is 0.878. The number of para-hydroxylation sites is 1. The van der Waals surface area contributed by atoms with Gasteiger partial charge in [0.25, 0.3) is 0 Å². The molecule has 2 nitrogen and oxygen atoms in total. The van der Waals surface area contributed by atoms with E-state index in [2.05, 4.69) is 6.07 Å². The topological polar surface area (TPSA) is 39.2 Å². The summed E-state index contributed by atoms with van der Waals surface area (Å²) < 4.78 is 5.64. The van der Waals surface area contributed by atoms with Crippen LogP contribution in [0.2, 0.25) is 0 Å². The molecule has 0 aliphatic rings. The molecule has 2 aromatic rings. The number of rotatable bonds is 2. The van der Waals surface area contributed by atoms with E-state index >= 15 is 0 Å². The second-order valence-corrected chi connectivity index (χ2v) is 3.81. The highest BCUT2D eigenvalue weighted by atomic mass is 16.3. The predicted molar refractivity (Wildman–Crippen MR) is 58.3 cm³/mol. The zero-order valence-corrected chi connectivity index (χ0v) is 8.58. The third-order valence-corrected chi connectivity index (χ3v) is 2.43. The molecule has 2 rings (SSSR count). The minimum absolute atomic E-state index is 0.176. The smallest absolute Gasteiger partial charge is 0.134 e. The van der Waals surface area contributed by atoms with E-state index in [1.54, 1.807) is 0 Å². The van der Waals surface area contributed by atoms with Crippen LogP contribution in [0.1, 0.15) is 18.2 Å². The molecule has 0 amide bonds. The molecule has 0 saturated heterocycles. The van der Waals surface area contributed by atoms with Crippen LogP contribution in [0.3, 0.4) is 0 Å². The third kappa shape index (κ3) is 1.53. The summed E-state index contributed by atoms with van der Waals surface area (Å²) in [5, 5.41) is 1.20. The summed E-state index contributed by atoms with van der Waals surface area (Å²) in [6, 6.07) is 8.27. The first-order valence-corrected chi connectivity index (χ1v) is 4.91. The highest BCUT2D eigenvalue weighted by molar-refractivity contribution is 5.82. The number of fused-ring (bicyclic) bond motifs is 1. The molecule has 1 aromatic heterocycles. The average Bonchev–Trinajstić information content (AvgIpc) is 2.43. The number of furan rings is 1. The van der Waals surface area contributed by atoms with E-state index in [9.17, 15) is 0 Å². The Morgan fingerprint density at radius 3 is 2.79 bits per heavy atom. The van der Waals surface area contributed by atoms with E-state index in [1.165, 1.54) is 10.9 Å². The van der Waals surface area contributed by atoms with E-state index in [1.807, 2.05) is 32.0 Å². The van der Waals surface area contributed by atoms with Crippen molar-refractivity contribution in [1.82, 2.24) is 0 Å². The van der Waals surface area contributed by atoms with E-state index in [-0.39, 0.29) is 6.04 Å². The van der Waals surface area contributed by atoms with E-state index in [0.717, 1.165) is 17.8 Å². The van der Waals surface area contributed by atoms with Gasteiger partial charge in [-0.1, -0.05) is 18.2 Å². The summed E-state index contributed by atoms with van der Waals surface area (Å²) >= 11 is 0. The van der Waals surface area contributed by atoms with Crippen LogP contribution >= 0.6 is 0 Å². The minimum Gasteiger partial charge on any atom is -0.461 e. The number of aryl methyl sites for hydroxylation is 1. The monoisotopic (exact) mass is 189 g/mol. The molecular formula is C12H15NO. The third-order valence-electron chi connectivity index (χ3n) is 2.43. The van der Waals surface area contributed by atoms with Gasteiger partial charge in [-0.2, -0.15) is 0 Å². The van der Waals surface area contributed by atoms with Gasteiger partial charge in [-0.25, -0.2) is 0 Å². The summed E-state index contributed by atoms with van der Waals surface area (Å²) in [5.74, 6) is 0.989. The molecule has 0 aliphatic carbocycles. The van der Waals surface area contributed by atoms with Crippen LogP contribution in [-0.4, -0.2) is 6.04 Å². The lowest BCUT2D eigenvalue weighted by atomic mass is 10.0. The van der Waals surface area contributed by atoms with Gasteiger partial charge in [0.1, 0.15) is 11.3 Å². The zero-order valence-electron chi connectivity index (χ0n) is 8.58. The first kappa shape index (κ1) is 9.28. The quantitative estimate of drug-likeness (QED) is 0.788. The summed E-state index contributed by atoms with van der Waals surface area (Å²) in [5.41, 5.74) is 8.01. The van der Waals surface area contributed by atoms with Crippen LogP contribution in [0, 0.1) is 6.92 Å². The van der Waals surface area contributed by atoms with Crippen molar-refractivity contribution >= 4 is 11.0 Å². The minimum atomic E-state index is 0.176. The summed E-state index contributed by atoms with van der Waals surface area (Å²) in [4.78, 5) is 0. The molecule has 0 spiro atoms. The SMILES string of the molecule is Cc1oc2ccccc2c1CC(C)N. The van der Waals surface area contributed by atoms with Gasteiger partial charge in [0.05, 0.1) is 0 Å². The van der Waals surface area contributed by atoms with Crippen molar-refractivity contribution in [1.29, 1.82) is 0 Å². The number of hydrogen-bond acceptors (Lipinski definition) is 2. The second kappa shape index (κ2) is 3.46. The Hall–Kier alpha value is -1.28. The van der Waals surface area contributed by atoms with Gasteiger partial charge in [0.2, 0.25) is 0 Å². The Balaban J connectivity index is 2.56. The highest BCUT2D eigenvalue weighted by Crippen LogP contribution is 2.25. The second-order valence-electron chi connectivity index (χ2n) is 3.81. The maximum absolute atomic E-state index is 5.80. The van der Waals surface area contributed by atoms with E-state index < -0.39 is 0 Å². The highest BCUT2D eigenvalue weighted by Gasteiger charge is 2.11. The summed E-state index contributed by atoms with van der Waals surface area (Å²) in [7, 11) is 0. The Kier molecular flexibility index (Phi) is 2.30. The van der Waals surface area contributed by atoms with Gasteiger partial charge < -0.3 is 10.2 Å². The van der Waals surface area contributed by atoms with Crippen molar-refractivity contribution in [3.63, 3.8) is 0 Å². The normalized spacial score (nSPS) is 13.4. The first-order chi connectivity index (χ1) is 6.68. The average molecular weight is 189 g/mol. The molecule has 1 heterocycles. The van der Waals surface area contributed by atoms with Crippen LogP contribution < -0.4 is 5.73 Å². The fraction of sp³-hybridized carbons (Fsp3) is 0.333. The molecule has 1 aromatic carbocycles. The molecule has 0 fully saturated rings. The Labute approximate surface area is 83.7 Å². The van der Waals surface area contributed by atoms with E-state index in [4.69, 9.17) is 10.2 Å². The molecule has 1 unspecified atom stereocenters. The van der Waals surface area contributed by atoms with Crippen LogP contribution in [0.15, 0.2) is 28.7 Å². The van der Waals surface area contributed by atoms with Crippen molar-refractivity contribution in [3.8, 4) is 0 Å². The van der Waals surface area contributed by atoms with Crippen molar-refractivity contribution in [3.05, 3.63) is 35.6 Å². The number of nitrogens with two attached hydrogens (primary N) is 1. The molecule has 1 atom stereocenters. The van der Waals surface area contributed by atoms with Crippen molar-refractivity contribution in [2.24, 2.45) is 5.73 Å².